The SMILES string of the molecule is c1ccc(-n2ccc3ccc(Oc4ccc5ccn(-c6ccccc6)c5c4)cc32)cc1. The lowest BCUT2D eigenvalue weighted by molar-refractivity contribution is 0.484. The van der Waals surface area contributed by atoms with Crippen LogP contribution in [0.1, 0.15) is 0 Å². The van der Waals surface area contributed by atoms with Crippen LogP contribution in [0.15, 0.2) is 122 Å². The van der Waals surface area contributed by atoms with Crippen LogP contribution in [0.2, 0.25) is 0 Å². The number of rotatable bonds is 4. The fourth-order valence-electron chi connectivity index (χ4n) is 4.11. The van der Waals surface area contributed by atoms with Crippen LogP contribution in [0.5, 0.6) is 11.5 Å². The lowest BCUT2D eigenvalue weighted by Crippen LogP contribution is -1.93. The molecule has 0 atom stereocenters. The van der Waals surface area contributed by atoms with Gasteiger partial charge in [0.15, 0.2) is 0 Å². The lowest BCUT2D eigenvalue weighted by Gasteiger charge is -2.10. The largest absolute Gasteiger partial charge is 0.457 e. The van der Waals surface area contributed by atoms with E-state index in [9.17, 15) is 0 Å². The van der Waals surface area contributed by atoms with Gasteiger partial charge in [-0.05, 0) is 60.7 Å². The first-order valence-corrected chi connectivity index (χ1v) is 10.4. The molecule has 0 fully saturated rings. The molecule has 6 aromatic rings. The van der Waals surface area contributed by atoms with Crippen molar-refractivity contribution in [1.82, 2.24) is 9.13 Å². The molecule has 0 amide bonds. The summed E-state index contributed by atoms with van der Waals surface area (Å²) in [5.41, 5.74) is 4.52. The second-order valence-electron chi connectivity index (χ2n) is 7.59. The molecule has 0 bridgehead atoms. The Labute approximate surface area is 180 Å². The zero-order valence-corrected chi connectivity index (χ0v) is 16.8. The Bertz CT molecular complexity index is 1380. The van der Waals surface area contributed by atoms with Gasteiger partial charge in [-0.3, -0.25) is 0 Å². The molecule has 31 heavy (non-hydrogen) atoms. The fraction of sp³-hybridized carbons (Fsp3) is 0. The van der Waals surface area contributed by atoms with E-state index in [1.807, 2.05) is 24.3 Å². The number of nitrogens with zero attached hydrogens (tertiary/aromatic N) is 2. The van der Waals surface area contributed by atoms with Crippen LogP contribution in [0.25, 0.3) is 33.2 Å². The Morgan fingerprint density at radius 2 is 0.903 bits per heavy atom. The van der Waals surface area contributed by atoms with E-state index in [2.05, 4.69) is 106 Å². The van der Waals surface area contributed by atoms with Crippen LogP contribution in [-0.4, -0.2) is 9.13 Å². The molecule has 148 valence electrons. The summed E-state index contributed by atoms with van der Waals surface area (Å²) in [5, 5.41) is 2.37. The van der Waals surface area contributed by atoms with Gasteiger partial charge in [0.05, 0.1) is 11.0 Å². The first kappa shape index (κ1) is 17.6. The van der Waals surface area contributed by atoms with Crippen LogP contribution < -0.4 is 4.74 Å². The van der Waals surface area contributed by atoms with E-state index >= 15 is 0 Å². The first-order chi connectivity index (χ1) is 15.3. The maximum Gasteiger partial charge on any atom is 0.129 e. The highest BCUT2D eigenvalue weighted by atomic mass is 16.5. The minimum Gasteiger partial charge on any atom is -0.457 e. The van der Waals surface area contributed by atoms with Crippen molar-refractivity contribution in [3.63, 3.8) is 0 Å². The second-order valence-corrected chi connectivity index (χ2v) is 7.59. The average molecular weight is 400 g/mol. The summed E-state index contributed by atoms with van der Waals surface area (Å²) in [6, 6.07) is 37.4. The van der Waals surface area contributed by atoms with E-state index in [0.717, 1.165) is 33.9 Å². The molecule has 0 N–H and O–H groups in total. The van der Waals surface area contributed by atoms with Gasteiger partial charge in [0, 0.05) is 46.7 Å². The minimum atomic E-state index is 0.820. The Morgan fingerprint density at radius 1 is 0.452 bits per heavy atom. The van der Waals surface area contributed by atoms with Gasteiger partial charge >= 0.3 is 0 Å². The van der Waals surface area contributed by atoms with Gasteiger partial charge in [-0.25, -0.2) is 0 Å². The summed E-state index contributed by atoms with van der Waals surface area (Å²) in [4.78, 5) is 0. The highest BCUT2D eigenvalue weighted by Gasteiger charge is 2.08. The molecule has 0 saturated heterocycles. The molecule has 0 saturated carbocycles. The van der Waals surface area contributed by atoms with Gasteiger partial charge in [-0.1, -0.05) is 36.4 Å². The molecule has 2 aromatic heterocycles. The van der Waals surface area contributed by atoms with Crippen LogP contribution in [0.3, 0.4) is 0 Å². The van der Waals surface area contributed by atoms with Gasteiger partial charge in [0.1, 0.15) is 11.5 Å². The number of ether oxygens (including phenoxy) is 1. The molecule has 0 aliphatic rings. The number of benzene rings is 4. The quantitative estimate of drug-likeness (QED) is 0.302. The Hall–Kier alpha value is -4.24. The van der Waals surface area contributed by atoms with E-state index in [1.165, 1.54) is 10.8 Å². The van der Waals surface area contributed by atoms with Crippen molar-refractivity contribution in [2.75, 3.05) is 0 Å². The van der Waals surface area contributed by atoms with Gasteiger partial charge in [-0.15, -0.1) is 0 Å². The van der Waals surface area contributed by atoms with E-state index in [0.29, 0.717) is 0 Å². The van der Waals surface area contributed by atoms with Crippen molar-refractivity contribution < 1.29 is 4.74 Å². The van der Waals surface area contributed by atoms with E-state index in [4.69, 9.17) is 4.74 Å². The minimum absolute atomic E-state index is 0.820. The maximum absolute atomic E-state index is 6.29. The molecule has 0 unspecified atom stereocenters. The van der Waals surface area contributed by atoms with Crippen LogP contribution in [-0.2, 0) is 0 Å². The second kappa shape index (κ2) is 7.22. The van der Waals surface area contributed by atoms with Crippen molar-refractivity contribution >= 4 is 21.8 Å². The molecule has 0 aliphatic carbocycles. The molecule has 0 radical (unpaired) electrons. The summed E-state index contributed by atoms with van der Waals surface area (Å²) < 4.78 is 10.7. The predicted octanol–water partition coefficient (Wildman–Crippen LogP) is 7.37. The van der Waals surface area contributed by atoms with E-state index < -0.39 is 0 Å². The summed E-state index contributed by atoms with van der Waals surface area (Å²) in [5.74, 6) is 1.64. The monoisotopic (exact) mass is 400 g/mol. The third-order valence-electron chi connectivity index (χ3n) is 5.63. The van der Waals surface area contributed by atoms with Crippen molar-refractivity contribution in [1.29, 1.82) is 0 Å². The number of fused-ring (bicyclic) bond motifs is 2. The normalized spacial score (nSPS) is 11.2. The first-order valence-electron chi connectivity index (χ1n) is 10.4. The Balaban J connectivity index is 1.38. The third kappa shape index (κ3) is 3.17. The summed E-state index contributed by atoms with van der Waals surface area (Å²) in [6.07, 6.45) is 4.20. The molecule has 4 aromatic carbocycles. The van der Waals surface area contributed by atoms with Gasteiger partial charge in [0.2, 0.25) is 0 Å². The lowest BCUT2D eigenvalue weighted by atomic mass is 10.2. The number of para-hydroxylation sites is 2. The fourth-order valence-corrected chi connectivity index (χ4v) is 4.11. The van der Waals surface area contributed by atoms with Crippen molar-refractivity contribution in [2.24, 2.45) is 0 Å². The Morgan fingerprint density at radius 3 is 1.35 bits per heavy atom. The molecule has 0 aliphatic heterocycles. The highest BCUT2D eigenvalue weighted by Crippen LogP contribution is 2.31. The van der Waals surface area contributed by atoms with Crippen molar-refractivity contribution in [3.8, 4) is 22.9 Å². The molecule has 2 heterocycles. The predicted molar refractivity (Wildman–Crippen MR) is 127 cm³/mol. The molecule has 3 heteroatoms. The number of aromatic nitrogens is 2. The number of hydrogen-bond donors (Lipinski definition) is 0. The van der Waals surface area contributed by atoms with Crippen molar-refractivity contribution in [3.05, 3.63) is 122 Å². The van der Waals surface area contributed by atoms with Crippen LogP contribution >= 0.6 is 0 Å². The molecule has 6 rings (SSSR count). The number of hydrogen-bond acceptors (Lipinski definition) is 1. The van der Waals surface area contributed by atoms with Gasteiger partial charge in [0.25, 0.3) is 0 Å². The summed E-state index contributed by atoms with van der Waals surface area (Å²) >= 11 is 0. The molecule has 0 spiro atoms. The topological polar surface area (TPSA) is 19.1 Å². The Kier molecular flexibility index (Phi) is 4.10. The van der Waals surface area contributed by atoms with E-state index in [1.54, 1.807) is 0 Å². The zero-order chi connectivity index (χ0) is 20.6. The smallest absolute Gasteiger partial charge is 0.129 e. The van der Waals surface area contributed by atoms with Crippen LogP contribution in [0.4, 0.5) is 0 Å². The molecular formula is C28H20N2O. The van der Waals surface area contributed by atoms with Gasteiger partial charge < -0.3 is 13.9 Å². The maximum atomic E-state index is 6.29. The highest BCUT2D eigenvalue weighted by molar-refractivity contribution is 5.85. The van der Waals surface area contributed by atoms with E-state index in [-0.39, 0.29) is 0 Å². The summed E-state index contributed by atoms with van der Waals surface area (Å²) in [7, 11) is 0. The third-order valence-corrected chi connectivity index (χ3v) is 5.63. The van der Waals surface area contributed by atoms with Crippen LogP contribution in [0, 0.1) is 0 Å². The molecular weight excluding hydrogens is 380 g/mol. The average Bonchev–Trinajstić information content (AvgIpc) is 3.44. The molecule has 3 nitrogen and oxygen atoms in total. The standard InChI is InChI=1S/C28H20N2O/c1-3-7-23(8-4-1)29-17-15-21-11-13-25(19-27(21)29)31-26-14-12-22-16-18-30(28(22)20-26)24-9-5-2-6-10-24/h1-20H. The van der Waals surface area contributed by atoms with Crippen molar-refractivity contribution in [2.45, 2.75) is 0 Å². The summed E-state index contributed by atoms with van der Waals surface area (Å²) in [6.45, 7) is 0. The zero-order valence-electron chi connectivity index (χ0n) is 16.8. The van der Waals surface area contributed by atoms with Gasteiger partial charge in [-0.2, -0.15) is 0 Å².